The van der Waals surface area contributed by atoms with Gasteiger partial charge in [0.1, 0.15) is 11.5 Å². The summed E-state index contributed by atoms with van der Waals surface area (Å²) >= 11 is 0. The number of hydrogen-bond donors (Lipinski definition) is 0. The molecular formula is C41H55NO5S. The highest BCUT2D eigenvalue weighted by molar-refractivity contribution is 7.90. The summed E-state index contributed by atoms with van der Waals surface area (Å²) < 4.78 is 45.2. The van der Waals surface area contributed by atoms with Crippen LogP contribution in [0.4, 0.5) is 0 Å². The van der Waals surface area contributed by atoms with Gasteiger partial charge >= 0.3 is 0 Å². The highest BCUT2D eigenvalue weighted by Gasteiger charge is 2.22. The average molecular weight is 674 g/mol. The Labute approximate surface area is 289 Å². The minimum Gasteiger partial charge on any atom is -0.497 e. The lowest BCUT2D eigenvalue weighted by Gasteiger charge is -2.09. The van der Waals surface area contributed by atoms with Crippen LogP contribution < -0.4 is 9.47 Å². The second kappa shape index (κ2) is 20.7. The number of benzene rings is 3. The third kappa shape index (κ3) is 11.6. The second-order valence-electron chi connectivity index (χ2n) is 12.6. The van der Waals surface area contributed by atoms with Crippen LogP contribution in [0.1, 0.15) is 107 Å². The topological polar surface area (TPSA) is 66.8 Å². The molecule has 3 aromatic carbocycles. The molecule has 48 heavy (non-hydrogen) atoms. The first-order chi connectivity index (χ1) is 23.5. The maximum atomic E-state index is 13.6. The number of allylic oxidation sites excluding steroid dienone is 1. The highest BCUT2D eigenvalue weighted by atomic mass is 32.2. The van der Waals surface area contributed by atoms with E-state index in [9.17, 15) is 8.42 Å². The van der Waals surface area contributed by atoms with E-state index in [4.69, 9.17) is 14.2 Å². The van der Waals surface area contributed by atoms with Crippen LogP contribution in [0.3, 0.4) is 0 Å². The first-order valence-electron chi connectivity index (χ1n) is 17.9. The molecule has 0 spiro atoms. The fraction of sp³-hybridized carbons (Fsp3) is 0.463. The van der Waals surface area contributed by atoms with Crippen molar-refractivity contribution in [1.29, 1.82) is 0 Å². The van der Waals surface area contributed by atoms with E-state index in [-0.39, 0.29) is 4.90 Å². The molecule has 0 bridgehead atoms. The molecule has 0 saturated carbocycles. The molecule has 1 heterocycles. The predicted molar refractivity (Wildman–Crippen MR) is 198 cm³/mol. The Hall–Kier alpha value is -3.55. The maximum absolute atomic E-state index is 13.6. The minimum absolute atomic E-state index is 0.210. The maximum Gasteiger partial charge on any atom is 0.268 e. The summed E-state index contributed by atoms with van der Waals surface area (Å²) in [5.41, 5.74) is 2.69. The van der Waals surface area contributed by atoms with Crippen LogP contribution in [-0.4, -0.2) is 33.2 Å². The monoisotopic (exact) mass is 673 g/mol. The summed E-state index contributed by atoms with van der Waals surface area (Å²) in [6, 6.07) is 22.4. The molecule has 0 unspecified atom stereocenters. The van der Waals surface area contributed by atoms with Gasteiger partial charge < -0.3 is 14.2 Å². The van der Waals surface area contributed by atoms with Gasteiger partial charge in [-0.3, -0.25) is 0 Å². The van der Waals surface area contributed by atoms with Gasteiger partial charge in [0.15, 0.2) is 0 Å². The molecule has 7 heteroatoms. The number of ether oxygens (including phenoxy) is 3. The van der Waals surface area contributed by atoms with Crippen LogP contribution in [0.2, 0.25) is 0 Å². The Kier molecular flexibility index (Phi) is 16.1. The number of aromatic nitrogens is 1. The summed E-state index contributed by atoms with van der Waals surface area (Å²) in [6.45, 7) is 1.60. The van der Waals surface area contributed by atoms with E-state index in [2.05, 4.69) is 30.3 Å². The van der Waals surface area contributed by atoms with Gasteiger partial charge in [0.05, 0.1) is 36.6 Å². The van der Waals surface area contributed by atoms with Crippen molar-refractivity contribution < 1.29 is 22.6 Å². The minimum atomic E-state index is -3.80. The Morgan fingerprint density at radius 1 is 0.646 bits per heavy atom. The number of hydrogen-bond acceptors (Lipinski definition) is 5. The van der Waals surface area contributed by atoms with E-state index in [0.29, 0.717) is 17.0 Å². The van der Waals surface area contributed by atoms with E-state index in [0.717, 1.165) is 37.0 Å². The molecule has 1 aromatic heterocycles. The first kappa shape index (κ1) is 37.3. The van der Waals surface area contributed by atoms with Gasteiger partial charge in [-0.15, -0.1) is 0 Å². The summed E-state index contributed by atoms with van der Waals surface area (Å²) in [5.74, 6) is 1.27. The van der Waals surface area contributed by atoms with Crippen molar-refractivity contribution in [2.45, 2.75) is 108 Å². The van der Waals surface area contributed by atoms with Crippen molar-refractivity contribution in [3.63, 3.8) is 0 Å². The smallest absolute Gasteiger partial charge is 0.268 e. The van der Waals surface area contributed by atoms with Crippen LogP contribution in [0.25, 0.3) is 17.0 Å². The average Bonchev–Trinajstić information content (AvgIpc) is 3.51. The summed E-state index contributed by atoms with van der Waals surface area (Å²) in [4.78, 5) is 0.210. The first-order valence-corrected chi connectivity index (χ1v) is 19.3. The SMILES string of the molecule is COc1ccc(S(=O)(=O)n2cc(/C=C\CCCCCCCCCCCCCCCCOCc3ccccc3)c3c(OC)cccc32)cc1. The highest BCUT2D eigenvalue weighted by Crippen LogP contribution is 2.34. The van der Waals surface area contributed by atoms with Crippen molar-refractivity contribution in [3.05, 3.63) is 96.2 Å². The van der Waals surface area contributed by atoms with Crippen LogP contribution in [0.15, 0.2) is 90.0 Å². The molecule has 260 valence electrons. The molecule has 6 nitrogen and oxygen atoms in total. The van der Waals surface area contributed by atoms with Crippen molar-refractivity contribution in [3.8, 4) is 11.5 Å². The summed E-state index contributed by atoms with van der Waals surface area (Å²) in [5, 5.41) is 0.800. The molecule has 0 aliphatic carbocycles. The van der Waals surface area contributed by atoms with E-state index in [1.807, 2.05) is 30.3 Å². The molecule has 0 aliphatic rings. The largest absolute Gasteiger partial charge is 0.497 e. The zero-order valence-corrected chi connectivity index (χ0v) is 29.9. The summed E-state index contributed by atoms with van der Waals surface area (Å²) in [7, 11) is -0.619. The fourth-order valence-electron chi connectivity index (χ4n) is 6.17. The number of unbranched alkanes of at least 4 members (excludes halogenated alkanes) is 14. The molecule has 4 aromatic rings. The molecule has 0 saturated heterocycles. The van der Waals surface area contributed by atoms with Crippen LogP contribution >= 0.6 is 0 Å². The molecule has 0 amide bonds. The van der Waals surface area contributed by atoms with Gasteiger partial charge in [0.2, 0.25) is 0 Å². The molecule has 0 N–H and O–H groups in total. The quantitative estimate of drug-likeness (QED) is 0.0693. The van der Waals surface area contributed by atoms with Crippen LogP contribution in [-0.2, 0) is 21.4 Å². The van der Waals surface area contributed by atoms with Crippen LogP contribution in [0, 0.1) is 0 Å². The van der Waals surface area contributed by atoms with Crippen molar-refractivity contribution in [1.82, 2.24) is 3.97 Å². The molecule has 0 radical (unpaired) electrons. The van der Waals surface area contributed by atoms with Gasteiger partial charge in [0.25, 0.3) is 10.0 Å². The Bertz CT molecular complexity index is 1610. The lowest BCUT2D eigenvalue weighted by Crippen LogP contribution is -2.11. The van der Waals surface area contributed by atoms with Gasteiger partial charge in [0, 0.05) is 18.4 Å². The number of rotatable bonds is 24. The number of fused-ring (bicyclic) bond motifs is 1. The van der Waals surface area contributed by atoms with Gasteiger partial charge in [-0.2, -0.15) is 0 Å². The Morgan fingerprint density at radius 3 is 1.85 bits per heavy atom. The fourth-order valence-corrected chi connectivity index (χ4v) is 7.54. The van der Waals surface area contributed by atoms with Crippen LogP contribution in [0.5, 0.6) is 11.5 Å². The zero-order valence-electron chi connectivity index (χ0n) is 29.1. The second-order valence-corrected chi connectivity index (χ2v) is 14.4. The standard InChI is InChI=1S/C41H55NO5S/c1-45-37-28-30-38(31-29-37)48(43,44)42-33-36(41-39(42)26-22-27-40(41)46-2)25-20-15-13-11-9-7-5-3-4-6-8-10-12-14-16-21-32-47-34-35-23-18-17-19-24-35/h17-20,22-31,33H,3-16,21,32,34H2,1-2H3/b25-20-. The van der Waals surface area contributed by atoms with Crippen molar-refractivity contribution in [2.24, 2.45) is 0 Å². The molecule has 0 atom stereocenters. The normalized spacial score (nSPS) is 11.9. The third-order valence-corrected chi connectivity index (χ3v) is 10.6. The lowest BCUT2D eigenvalue weighted by atomic mass is 10.0. The Morgan fingerprint density at radius 2 is 1.25 bits per heavy atom. The number of nitrogens with zero attached hydrogens (tertiary/aromatic N) is 1. The third-order valence-electron chi connectivity index (χ3n) is 8.94. The van der Waals surface area contributed by atoms with Gasteiger partial charge in [-0.05, 0) is 61.2 Å². The van der Waals surface area contributed by atoms with Crippen molar-refractivity contribution in [2.75, 3.05) is 20.8 Å². The van der Waals surface area contributed by atoms with E-state index < -0.39 is 10.0 Å². The summed E-state index contributed by atoms with van der Waals surface area (Å²) in [6.07, 6.45) is 25.1. The molecule has 4 rings (SSSR count). The van der Waals surface area contributed by atoms with E-state index in [1.165, 1.54) is 93.0 Å². The van der Waals surface area contributed by atoms with E-state index in [1.54, 1.807) is 44.7 Å². The predicted octanol–water partition coefficient (Wildman–Crippen LogP) is 11.0. The Balaban J connectivity index is 1.06. The van der Waals surface area contributed by atoms with Gasteiger partial charge in [-0.1, -0.05) is 126 Å². The molecule has 0 aliphatic heterocycles. The van der Waals surface area contributed by atoms with Crippen molar-refractivity contribution >= 4 is 27.0 Å². The number of methoxy groups -OCH3 is 2. The molecular weight excluding hydrogens is 619 g/mol. The zero-order chi connectivity index (χ0) is 33.9. The lowest BCUT2D eigenvalue weighted by molar-refractivity contribution is 0.116. The van der Waals surface area contributed by atoms with E-state index >= 15 is 0 Å². The molecule has 0 fully saturated rings. The van der Waals surface area contributed by atoms with Gasteiger partial charge in [-0.25, -0.2) is 12.4 Å².